The molecule has 2 aliphatic rings. The van der Waals surface area contributed by atoms with E-state index in [0.29, 0.717) is 5.92 Å². The van der Waals surface area contributed by atoms with Gasteiger partial charge in [-0.25, -0.2) is 4.79 Å². The standard InChI is InChI=1S/C18H24O5/c1-17(2)10-5-6-18(17,3)14(7-10)23-16(21)15-12(19)8-11(22-4)9-13(15)20/h8-10,14,19-20H,5-7H2,1-4H3. The van der Waals surface area contributed by atoms with Gasteiger partial charge in [-0.05, 0) is 30.6 Å². The fraction of sp³-hybridized carbons (Fsp3) is 0.611. The highest BCUT2D eigenvalue weighted by Crippen LogP contribution is 2.66. The maximum absolute atomic E-state index is 12.5. The third-order valence-electron chi connectivity index (χ3n) is 6.47. The largest absolute Gasteiger partial charge is 0.507 e. The van der Waals surface area contributed by atoms with Crippen LogP contribution < -0.4 is 4.74 Å². The van der Waals surface area contributed by atoms with E-state index in [-0.39, 0.29) is 39.7 Å². The molecule has 2 fully saturated rings. The number of fused-ring (bicyclic) bond motifs is 2. The Balaban J connectivity index is 1.84. The monoisotopic (exact) mass is 320 g/mol. The van der Waals surface area contributed by atoms with Gasteiger partial charge in [0.1, 0.15) is 28.9 Å². The molecule has 126 valence electrons. The Kier molecular flexibility index (Phi) is 3.50. The zero-order valence-electron chi connectivity index (χ0n) is 14.0. The van der Waals surface area contributed by atoms with Crippen molar-refractivity contribution in [3.63, 3.8) is 0 Å². The molecule has 1 aromatic carbocycles. The van der Waals surface area contributed by atoms with Crippen LogP contribution in [-0.2, 0) is 4.74 Å². The normalized spacial score (nSPS) is 31.1. The first-order chi connectivity index (χ1) is 10.7. The summed E-state index contributed by atoms with van der Waals surface area (Å²) in [6, 6.07) is 2.59. The van der Waals surface area contributed by atoms with Gasteiger partial charge in [0.15, 0.2) is 0 Å². The van der Waals surface area contributed by atoms with E-state index in [1.54, 1.807) is 0 Å². The topological polar surface area (TPSA) is 76.0 Å². The molecule has 0 radical (unpaired) electrons. The Morgan fingerprint density at radius 3 is 2.26 bits per heavy atom. The molecule has 3 rings (SSSR count). The van der Waals surface area contributed by atoms with E-state index in [1.165, 1.54) is 19.2 Å². The summed E-state index contributed by atoms with van der Waals surface area (Å²) in [6.07, 6.45) is 2.84. The number of aromatic hydroxyl groups is 2. The zero-order chi connectivity index (χ0) is 17.0. The second-order valence-electron chi connectivity index (χ2n) is 7.55. The van der Waals surface area contributed by atoms with E-state index >= 15 is 0 Å². The zero-order valence-corrected chi connectivity index (χ0v) is 14.0. The smallest absolute Gasteiger partial charge is 0.346 e. The molecule has 3 unspecified atom stereocenters. The molecular formula is C18H24O5. The van der Waals surface area contributed by atoms with Gasteiger partial charge in [0.25, 0.3) is 0 Å². The fourth-order valence-electron chi connectivity index (χ4n) is 4.41. The highest BCUT2D eigenvalue weighted by Gasteiger charge is 2.63. The molecule has 0 saturated heterocycles. The number of methoxy groups -OCH3 is 1. The molecule has 5 heteroatoms. The summed E-state index contributed by atoms with van der Waals surface area (Å²) < 4.78 is 10.7. The number of rotatable bonds is 3. The number of benzene rings is 1. The van der Waals surface area contributed by atoms with E-state index in [1.807, 2.05) is 0 Å². The number of hydrogen-bond acceptors (Lipinski definition) is 5. The van der Waals surface area contributed by atoms with Gasteiger partial charge in [0.2, 0.25) is 0 Å². The van der Waals surface area contributed by atoms with Crippen LogP contribution in [0.3, 0.4) is 0 Å². The molecule has 0 aromatic heterocycles. The maximum atomic E-state index is 12.5. The molecule has 3 atom stereocenters. The van der Waals surface area contributed by atoms with E-state index in [9.17, 15) is 15.0 Å². The van der Waals surface area contributed by atoms with Crippen LogP contribution >= 0.6 is 0 Å². The summed E-state index contributed by atoms with van der Waals surface area (Å²) in [5.74, 6) is -0.524. The van der Waals surface area contributed by atoms with E-state index in [0.717, 1.165) is 19.3 Å². The number of esters is 1. The Bertz CT molecular complexity index is 628. The van der Waals surface area contributed by atoms with Crippen LogP contribution in [0.25, 0.3) is 0 Å². The summed E-state index contributed by atoms with van der Waals surface area (Å²) in [4.78, 5) is 12.5. The van der Waals surface area contributed by atoms with E-state index in [4.69, 9.17) is 9.47 Å². The quantitative estimate of drug-likeness (QED) is 0.834. The number of phenols is 2. The van der Waals surface area contributed by atoms with Gasteiger partial charge < -0.3 is 19.7 Å². The van der Waals surface area contributed by atoms with Crippen molar-refractivity contribution in [3.05, 3.63) is 17.7 Å². The Morgan fingerprint density at radius 1 is 1.22 bits per heavy atom. The molecule has 0 aliphatic heterocycles. The van der Waals surface area contributed by atoms with Crippen LogP contribution in [0.2, 0.25) is 0 Å². The van der Waals surface area contributed by atoms with Crippen LogP contribution in [0.4, 0.5) is 0 Å². The Hall–Kier alpha value is -1.91. The first kappa shape index (κ1) is 16.0. The highest BCUT2D eigenvalue weighted by atomic mass is 16.5. The average Bonchev–Trinajstić information content (AvgIpc) is 2.79. The van der Waals surface area contributed by atoms with Crippen molar-refractivity contribution in [1.82, 2.24) is 0 Å². The Labute approximate surface area is 136 Å². The molecule has 0 amide bonds. The minimum Gasteiger partial charge on any atom is -0.507 e. The molecular weight excluding hydrogens is 296 g/mol. The second-order valence-corrected chi connectivity index (χ2v) is 7.55. The summed E-state index contributed by atoms with van der Waals surface area (Å²) in [6.45, 7) is 6.65. The van der Waals surface area contributed by atoms with Crippen LogP contribution in [0, 0.1) is 16.7 Å². The van der Waals surface area contributed by atoms with Gasteiger partial charge in [-0.15, -0.1) is 0 Å². The second kappa shape index (κ2) is 5.05. The van der Waals surface area contributed by atoms with Gasteiger partial charge in [0.05, 0.1) is 7.11 Å². The predicted octanol–water partition coefficient (Wildman–Crippen LogP) is 3.48. The predicted molar refractivity (Wildman–Crippen MR) is 84.8 cm³/mol. The van der Waals surface area contributed by atoms with Gasteiger partial charge in [-0.3, -0.25) is 0 Å². The summed E-state index contributed by atoms with van der Waals surface area (Å²) in [5.41, 5.74) is -0.137. The summed E-state index contributed by atoms with van der Waals surface area (Å²) in [5, 5.41) is 20.0. The highest BCUT2D eigenvalue weighted by molar-refractivity contribution is 5.95. The molecule has 0 heterocycles. The Morgan fingerprint density at radius 2 is 1.83 bits per heavy atom. The number of hydrogen-bond donors (Lipinski definition) is 2. The van der Waals surface area contributed by atoms with Crippen LogP contribution in [-0.4, -0.2) is 29.4 Å². The SMILES string of the molecule is COc1cc(O)c(C(=O)OC2CC3CCC2(C)C3(C)C)c(O)c1. The summed E-state index contributed by atoms with van der Waals surface area (Å²) in [7, 11) is 1.42. The molecule has 23 heavy (non-hydrogen) atoms. The molecule has 1 aromatic rings. The van der Waals surface area contributed by atoms with Crippen molar-refractivity contribution >= 4 is 5.97 Å². The minimum atomic E-state index is -0.683. The van der Waals surface area contributed by atoms with Crippen LogP contribution in [0.5, 0.6) is 17.2 Å². The third kappa shape index (κ3) is 2.17. The third-order valence-corrected chi connectivity index (χ3v) is 6.47. The molecule has 0 spiro atoms. The first-order valence-corrected chi connectivity index (χ1v) is 8.01. The van der Waals surface area contributed by atoms with Crippen molar-refractivity contribution in [1.29, 1.82) is 0 Å². The average molecular weight is 320 g/mol. The fourth-order valence-corrected chi connectivity index (χ4v) is 4.41. The number of carbonyl (C=O) groups excluding carboxylic acids is 1. The molecule has 2 N–H and O–H groups in total. The van der Waals surface area contributed by atoms with Crippen molar-refractivity contribution in [2.75, 3.05) is 7.11 Å². The number of ether oxygens (including phenoxy) is 2. The van der Waals surface area contributed by atoms with Gasteiger partial charge in [0, 0.05) is 17.5 Å². The maximum Gasteiger partial charge on any atom is 0.346 e. The van der Waals surface area contributed by atoms with Crippen molar-refractivity contribution in [2.45, 2.75) is 46.1 Å². The van der Waals surface area contributed by atoms with Gasteiger partial charge >= 0.3 is 5.97 Å². The lowest BCUT2D eigenvalue weighted by molar-refractivity contribution is -0.0246. The lowest BCUT2D eigenvalue weighted by atomic mass is 9.70. The summed E-state index contributed by atoms with van der Waals surface area (Å²) >= 11 is 0. The van der Waals surface area contributed by atoms with Crippen LogP contribution in [0.15, 0.2) is 12.1 Å². The molecule has 2 saturated carbocycles. The van der Waals surface area contributed by atoms with Gasteiger partial charge in [-0.1, -0.05) is 20.8 Å². The lowest BCUT2D eigenvalue weighted by Gasteiger charge is -2.38. The number of phenolic OH excluding ortho intramolecular Hbond substituents is 2. The lowest BCUT2D eigenvalue weighted by Crippen LogP contribution is -2.38. The first-order valence-electron chi connectivity index (χ1n) is 8.01. The minimum absolute atomic E-state index is 0.0644. The number of carbonyl (C=O) groups is 1. The van der Waals surface area contributed by atoms with Crippen molar-refractivity contribution < 1.29 is 24.5 Å². The molecule has 5 nitrogen and oxygen atoms in total. The van der Waals surface area contributed by atoms with Crippen molar-refractivity contribution in [2.24, 2.45) is 16.7 Å². The van der Waals surface area contributed by atoms with E-state index < -0.39 is 5.97 Å². The van der Waals surface area contributed by atoms with E-state index in [2.05, 4.69) is 20.8 Å². The van der Waals surface area contributed by atoms with Gasteiger partial charge in [-0.2, -0.15) is 0 Å². The molecule has 2 aliphatic carbocycles. The molecule has 2 bridgehead atoms. The van der Waals surface area contributed by atoms with Crippen LogP contribution in [0.1, 0.15) is 50.4 Å². The van der Waals surface area contributed by atoms with Crippen molar-refractivity contribution in [3.8, 4) is 17.2 Å².